The SMILES string of the molecule is COC(CCc1csc2c(Oc3ccccc3)ncnc12)COC(=O)c1cccc(Cl)c1. The highest BCUT2D eigenvalue weighted by Crippen LogP contribution is 2.33. The molecule has 0 radical (unpaired) electrons. The zero-order valence-electron chi connectivity index (χ0n) is 17.4. The average Bonchev–Trinajstić information content (AvgIpc) is 3.24. The summed E-state index contributed by atoms with van der Waals surface area (Å²) in [5.74, 6) is 0.839. The van der Waals surface area contributed by atoms with Crippen LogP contribution in [0.1, 0.15) is 22.3 Å². The van der Waals surface area contributed by atoms with Crippen molar-refractivity contribution in [1.82, 2.24) is 9.97 Å². The van der Waals surface area contributed by atoms with Gasteiger partial charge in [-0.2, -0.15) is 0 Å². The first-order valence-corrected chi connectivity index (χ1v) is 11.3. The molecule has 8 heteroatoms. The van der Waals surface area contributed by atoms with Crippen LogP contribution in [0, 0.1) is 0 Å². The molecule has 0 aliphatic carbocycles. The lowest BCUT2D eigenvalue weighted by Gasteiger charge is -2.15. The summed E-state index contributed by atoms with van der Waals surface area (Å²) < 4.78 is 17.8. The van der Waals surface area contributed by atoms with Gasteiger partial charge in [-0.05, 0) is 54.1 Å². The molecule has 0 fully saturated rings. The van der Waals surface area contributed by atoms with E-state index in [9.17, 15) is 4.79 Å². The number of methoxy groups -OCH3 is 1. The lowest BCUT2D eigenvalue weighted by Crippen LogP contribution is -2.21. The number of carbonyl (C=O) groups is 1. The lowest BCUT2D eigenvalue weighted by atomic mass is 10.1. The Morgan fingerprint density at radius 3 is 2.75 bits per heavy atom. The molecule has 0 bridgehead atoms. The lowest BCUT2D eigenvalue weighted by molar-refractivity contribution is 0.00820. The average molecular weight is 469 g/mol. The Bertz CT molecular complexity index is 1200. The van der Waals surface area contributed by atoms with Crippen LogP contribution >= 0.6 is 22.9 Å². The van der Waals surface area contributed by atoms with Crippen molar-refractivity contribution in [2.24, 2.45) is 0 Å². The number of benzene rings is 2. The molecular weight excluding hydrogens is 448 g/mol. The van der Waals surface area contributed by atoms with Gasteiger partial charge in [-0.1, -0.05) is 35.9 Å². The third-order valence-corrected chi connectivity index (χ3v) is 6.12. The third-order valence-electron chi connectivity index (χ3n) is 4.88. The van der Waals surface area contributed by atoms with Crippen molar-refractivity contribution in [2.75, 3.05) is 13.7 Å². The van der Waals surface area contributed by atoms with Crippen molar-refractivity contribution < 1.29 is 19.0 Å². The summed E-state index contributed by atoms with van der Waals surface area (Å²) in [5, 5.41) is 2.55. The van der Waals surface area contributed by atoms with E-state index >= 15 is 0 Å². The Morgan fingerprint density at radius 1 is 1.12 bits per heavy atom. The number of carbonyl (C=O) groups excluding carboxylic acids is 1. The highest BCUT2D eigenvalue weighted by molar-refractivity contribution is 7.17. The number of hydrogen-bond donors (Lipinski definition) is 0. The summed E-state index contributed by atoms with van der Waals surface area (Å²) in [6.45, 7) is 0.154. The molecule has 0 aliphatic rings. The van der Waals surface area contributed by atoms with Crippen molar-refractivity contribution in [3.63, 3.8) is 0 Å². The number of fused-ring (bicyclic) bond motifs is 1. The van der Waals surface area contributed by atoms with Gasteiger partial charge in [0.1, 0.15) is 23.4 Å². The summed E-state index contributed by atoms with van der Waals surface area (Å²) in [4.78, 5) is 21.0. The molecule has 32 heavy (non-hydrogen) atoms. The van der Waals surface area contributed by atoms with Gasteiger partial charge in [-0.3, -0.25) is 0 Å². The maximum Gasteiger partial charge on any atom is 0.338 e. The van der Waals surface area contributed by atoms with Gasteiger partial charge in [0.25, 0.3) is 0 Å². The fraction of sp³-hybridized carbons (Fsp3) is 0.208. The molecule has 0 spiro atoms. The molecule has 0 aliphatic heterocycles. The van der Waals surface area contributed by atoms with Gasteiger partial charge >= 0.3 is 5.97 Å². The number of esters is 1. The van der Waals surface area contributed by atoms with Crippen molar-refractivity contribution in [1.29, 1.82) is 0 Å². The van der Waals surface area contributed by atoms with E-state index in [0.717, 1.165) is 28.0 Å². The Hall–Kier alpha value is -3.00. The summed E-state index contributed by atoms with van der Waals surface area (Å²) in [7, 11) is 1.61. The zero-order valence-corrected chi connectivity index (χ0v) is 18.9. The summed E-state index contributed by atoms with van der Waals surface area (Å²) in [5.41, 5.74) is 2.36. The molecule has 164 valence electrons. The van der Waals surface area contributed by atoms with E-state index in [0.29, 0.717) is 22.9 Å². The van der Waals surface area contributed by atoms with Gasteiger partial charge < -0.3 is 14.2 Å². The highest BCUT2D eigenvalue weighted by atomic mass is 35.5. The third kappa shape index (κ3) is 5.43. The first-order chi connectivity index (χ1) is 15.6. The molecule has 2 heterocycles. The van der Waals surface area contributed by atoms with Crippen LogP contribution in [0.4, 0.5) is 0 Å². The van der Waals surface area contributed by atoms with E-state index in [4.69, 9.17) is 25.8 Å². The molecule has 1 unspecified atom stereocenters. The monoisotopic (exact) mass is 468 g/mol. The van der Waals surface area contributed by atoms with Crippen LogP contribution in [-0.4, -0.2) is 35.8 Å². The molecule has 2 aromatic carbocycles. The second-order valence-electron chi connectivity index (χ2n) is 7.04. The standard InChI is InChI=1S/C24H21ClN2O4S/c1-29-20(13-30-24(28)16-6-5-7-18(25)12-16)11-10-17-14-32-22-21(17)26-15-27-23(22)31-19-8-3-2-4-9-19/h2-9,12,14-15,20H,10-11,13H2,1H3. The fourth-order valence-corrected chi connectivity index (χ4v) is 4.35. The number of rotatable bonds is 9. The van der Waals surface area contributed by atoms with Crippen LogP contribution in [0.3, 0.4) is 0 Å². The van der Waals surface area contributed by atoms with Gasteiger partial charge in [0, 0.05) is 12.1 Å². The Kier molecular flexibility index (Phi) is 7.32. The van der Waals surface area contributed by atoms with Gasteiger partial charge in [0.2, 0.25) is 5.88 Å². The van der Waals surface area contributed by atoms with Crippen molar-refractivity contribution in [3.8, 4) is 11.6 Å². The van der Waals surface area contributed by atoms with Crippen LogP contribution < -0.4 is 4.74 Å². The van der Waals surface area contributed by atoms with E-state index in [2.05, 4.69) is 15.3 Å². The highest BCUT2D eigenvalue weighted by Gasteiger charge is 2.17. The minimum absolute atomic E-state index is 0.154. The quantitative estimate of drug-likeness (QED) is 0.283. The number of thiophene rings is 1. The zero-order chi connectivity index (χ0) is 22.3. The van der Waals surface area contributed by atoms with Crippen LogP contribution in [-0.2, 0) is 15.9 Å². The van der Waals surface area contributed by atoms with Gasteiger partial charge in [0.15, 0.2) is 0 Å². The molecule has 4 rings (SSSR count). The van der Waals surface area contributed by atoms with Gasteiger partial charge in [0.05, 0.1) is 17.2 Å². The maximum atomic E-state index is 12.2. The van der Waals surface area contributed by atoms with Crippen molar-refractivity contribution in [3.05, 3.63) is 82.5 Å². The largest absolute Gasteiger partial charge is 0.459 e. The fourth-order valence-electron chi connectivity index (χ4n) is 3.18. The summed E-state index contributed by atoms with van der Waals surface area (Å²) in [6, 6.07) is 16.2. The van der Waals surface area contributed by atoms with E-state index < -0.39 is 5.97 Å². The van der Waals surface area contributed by atoms with Crippen molar-refractivity contribution in [2.45, 2.75) is 18.9 Å². The molecule has 1 atom stereocenters. The number of aryl methyl sites for hydroxylation is 1. The van der Waals surface area contributed by atoms with E-state index in [-0.39, 0.29) is 12.7 Å². The minimum Gasteiger partial charge on any atom is -0.459 e. The second kappa shape index (κ2) is 10.5. The van der Waals surface area contributed by atoms with Crippen LogP contribution in [0.5, 0.6) is 11.6 Å². The number of nitrogens with zero attached hydrogens (tertiary/aromatic N) is 2. The number of halogens is 1. The first kappa shape index (κ1) is 22.2. The number of ether oxygens (including phenoxy) is 3. The molecule has 6 nitrogen and oxygen atoms in total. The van der Waals surface area contributed by atoms with E-state index in [1.165, 1.54) is 6.33 Å². The van der Waals surface area contributed by atoms with Crippen LogP contribution in [0.15, 0.2) is 66.3 Å². The topological polar surface area (TPSA) is 70.5 Å². The van der Waals surface area contributed by atoms with Crippen LogP contribution in [0.25, 0.3) is 10.2 Å². The number of para-hydroxylation sites is 1. The predicted molar refractivity (Wildman–Crippen MR) is 125 cm³/mol. The van der Waals surface area contributed by atoms with Gasteiger partial charge in [-0.25, -0.2) is 14.8 Å². The second-order valence-corrected chi connectivity index (χ2v) is 8.35. The smallest absolute Gasteiger partial charge is 0.338 e. The van der Waals surface area contributed by atoms with Crippen molar-refractivity contribution >= 4 is 39.1 Å². The molecule has 4 aromatic rings. The Morgan fingerprint density at radius 2 is 1.97 bits per heavy atom. The Labute approximate surface area is 194 Å². The predicted octanol–water partition coefficient (Wildman–Crippen LogP) is 5.94. The Balaban J connectivity index is 1.38. The van der Waals surface area contributed by atoms with E-state index in [1.54, 1.807) is 42.7 Å². The maximum absolute atomic E-state index is 12.2. The number of hydrogen-bond acceptors (Lipinski definition) is 7. The molecule has 0 saturated heterocycles. The van der Waals surface area contributed by atoms with Crippen LogP contribution in [0.2, 0.25) is 5.02 Å². The molecule has 0 saturated carbocycles. The molecule has 0 N–H and O–H groups in total. The minimum atomic E-state index is -0.425. The summed E-state index contributed by atoms with van der Waals surface area (Å²) in [6.07, 6.45) is 2.66. The summed E-state index contributed by atoms with van der Waals surface area (Å²) >= 11 is 7.49. The van der Waals surface area contributed by atoms with Gasteiger partial charge in [-0.15, -0.1) is 11.3 Å². The van der Waals surface area contributed by atoms with E-state index in [1.807, 2.05) is 30.3 Å². The molecule has 0 amide bonds. The molecular formula is C24H21ClN2O4S. The number of aromatic nitrogens is 2. The normalized spacial score (nSPS) is 11.9. The first-order valence-electron chi connectivity index (χ1n) is 10.0. The molecule has 2 aromatic heterocycles.